The molecule has 1 rings (SSSR count). The number of hydrogen-bond acceptors (Lipinski definition) is 2. The van der Waals surface area contributed by atoms with Gasteiger partial charge >= 0.3 is 6.18 Å². The van der Waals surface area contributed by atoms with E-state index in [0.717, 1.165) is 12.1 Å². The molecule has 0 spiro atoms. The van der Waals surface area contributed by atoms with Crippen LogP contribution >= 0.6 is 0 Å². The van der Waals surface area contributed by atoms with Crippen molar-refractivity contribution in [1.29, 1.82) is 5.26 Å². The van der Waals surface area contributed by atoms with Crippen molar-refractivity contribution in [2.75, 3.05) is 7.11 Å². The van der Waals surface area contributed by atoms with Crippen LogP contribution in [-0.4, -0.2) is 7.11 Å². The molecule has 0 heterocycles. The van der Waals surface area contributed by atoms with Gasteiger partial charge in [-0.3, -0.25) is 0 Å². The summed E-state index contributed by atoms with van der Waals surface area (Å²) in [5, 5.41) is 8.29. The molecule has 0 amide bonds. The van der Waals surface area contributed by atoms with Crippen molar-refractivity contribution in [2.45, 2.75) is 12.6 Å². The average Bonchev–Trinajstić information content (AvgIpc) is 2.28. The van der Waals surface area contributed by atoms with Gasteiger partial charge in [0.1, 0.15) is 5.75 Å². The molecule has 0 saturated carbocycles. The summed E-state index contributed by atoms with van der Waals surface area (Å²) in [4.78, 5) is 0. The van der Waals surface area contributed by atoms with Gasteiger partial charge < -0.3 is 4.74 Å². The first-order chi connectivity index (χ1) is 7.99. The normalized spacial score (nSPS) is 10.1. The average molecular weight is 239 g/mol. The van der Waals surface area contributed by atoms with Gasteiger partial charge in [-0.25, -0.2) is 0 Å². The van der Waals surface area contributed by atoms with E-state index in [1.165, 1.54) is 13.2 Å². The number of nitrogens with zero attached hydrogens (tertiary/aromatic N) is 1. The Hall–Kier alpha value is -2.14. The highest BCUT2D eigenvalue weighted by molar-refractivity contribution is 5.48. The minimum atomic E-state index is -4.41. The van der Waals surface area contributed by atoms with Crippen LogP contribution in [-0.2, 0) is 6.18 Å². The van der Waals surface area contributed by atoms with E-state index >= 15 is 0 Å². The van der Waals surface area contributed by atoms with Crippen LogP contribution in [0, 0.1) is 23.2 Å². The van der Waals surface area contributed by atoms with E-state index in [2.05, 4.69) is 11.8 Å². The number of rotatable bonds is 1. The van der Waals surface area contributed by atoms with Crippen LogP contribution in [0.5, 0.6) is 5.75 Å². The van der Waals surface area contributed by atoms with Crippen molar-refractivity contribution < 1.29 is 17.9 Å². The highest BCUT2D eigenvalue weighted by atomic mass is 19.4. The highest BCUT2D eigenvalue weighted by Gasteiger charge is 2.31. The summed E-state index contributed by atoms with van der Waals surface area (Å²) >= 11 is 0. The first-order valence-electron chi connectivity index (χ1n) is 4.60. The van der Waals surface area contributed by atoms with E-state index in [9.17, 15) is 13.2 Å². The molecule has 1 aromatic carbocycles. The lowest BCUT2D eigenvalue weighted by molar-refractivity contribution is -0.137. The Morgan fingerprint density at radius 1 is 1.35 bits per heavy atom. The summed E-state index contributed by atoms with van der Waals surface area (Å²) in [5.74, 6) is 5.14. The Kier molecular flexibility index (Phi) is 4.01. The van der Waals surface area contributed by atoms with Crippen LogP contribution in [0.2, 0.25) is 0 Å². The third kappa shape index (κ3) is 3.42. The maximum absolute atomic E-state index is 12.4. The molecular formula is C12H8F3NO. The molecule has 0 aliphatic rings. The monoisotopic (exact) mass is 239 g/mol. The number of benzene rings is 1. The van der Waals surface area contributed by atoms with Crippen LogP contribution in [0.3, 0.4) is 0 Å². The fourth-order valence-corrected chi connectivity index (χ4v) is 1.15. The van der Waals surface area contributed by atoms with E-state index in [1.54, 1.807) is 0 Å². The maximum Gasteiger partial charge on any atom is 0.416 e. The minimum Gasteiger partial charge on any atom is -0.495 e. The molecule has 0 aromatic heterocycles. The van der Waals surface area contributed by atoms with Crippen molar-refractivity contribution >= 4 is 0 Å². The molecule has 0 atom stereocenters. The highest BCUT2D eigenvalue weighted by Crippen LogP contribution is 2.32. The number of halogens is 3. The zero-order valence-corrected chi connectivity index (χ0v) is 8.93. The van der Waals surface area contributed by atoms with E-state index in [-0.39, 0.29) is 12.2 Å². The van der Waals surface area contributed by atoms with E-state index in [0.29, 0.717) is 5.56 Å². The van der Waals surface area contributed by atoms with Crippen molar-refractivity contribution in [1.82, 2.24) is 0 Å². The summed E-state index contributed by atoms with van der Waals surface area (Å²) in [6.45, 7) is 0. The molecule has 0 saturated heterocycles. The topological polar surface area (TPSA) is 33.0 Å². The van der Waals surface area contributed by atoms with Gasteiger partial charge in [0.05, 0.1) is 30.7 Å². The molecule has 0 unspecified atom stereocenters. The molecule has 2 nitrogen and oxygen atoms in total. The van der Waals surface area contributed by atoms with Crippen LogP contribution in [0.15, 0.2) is 18.2 Å². The van der Waals surface area contributed by atoms with Gasteiger partial charge in [0, 0.05) is 0 Å². The lowest BCUT2D eigenvalue weighted by Crippen LogP contribution is -2.05. The molecule has 5 heteroatoms. The second-order valence-electron chi connectivity index (χ2n) is 3.05. The Balaban J connectivity index is 3.12. The summed E-state index contributed by atoms with van der Waals surface area (Å²) in [7, 11) is 1.27. The van der Waals surface area contributed by atoms with E-state index in [4.69, 9.17) is 10.00 Å². The standard InChI is InChI=1S/C12H8F3NO/c1-17-11-8-10(12(13,14)15)6-5-9(11)4-2-3-7-16/h5-6,8H,3H2,1H3. The number of nitriles is 1. The molecule has 0 N–H and O–H groups in total. The lowest BCUT2D eigenvalue weighted by Gasteiger charge is -2.09. The zero-order valence-electron chi connectivity index (χ0n) is 8.93. The van der Waals surface area contributed by atoms with Gasteiger partial charge in [0.25, 0.3) is 0 Å². The van der Waals surface area contributed by atoms with Gasteiger partial charge in [0.15, 0.2) is 0 Å². The van der Waals surface area contributed by atoms with Gasteiger partial charge in [-0.1, -0.05) is 11.8 Å². The van der Waals surface area contributed by atoms with Crippen molar-refractivity contribution in [3.63, 3.8) is 0 Å². The molecule has 0 bridgehead atoms. The molecule has 0 aliphatic carbocycles. The predicted molar refractivity (Wildman–Crippen MR) is 55.1 cm³/mol. The number of methoxy groups -OCH3 is 1. The Labute approximate surface area is 96.6 Å². The second kappa shape index (κ2) is 5.27. The van der Waals surface area contributed by atoms with Crippen molar-refractivity contribution in [3.8, 4) is 23.7 Å². The van der Waals surface area contributed by atoms with Crippen LogP contribution in [0.25, 0.3) is 0 Å². The third-order valence-electron chi connectivity index (χ3n) is 1.92. The summed E-state index contributed by atoms with van der Waals surface area (Å²) in [5.41, 5.74) is -0.462. The SMILES string of the molecule is COc1cc(C(F)(F)F)ccc1C#CCC#N. The quantitative estimate of drug-likeness (QED) is 0.706. The van der Waals surface area contributed by atoms with E-state index in [1.807, 2.05) is 6.07 Å². The molecule has 17 heavy (non-hydrogen) atoms. The maximum atomic E-state index is 12.4. The van der Waals surface area contributed by atoms with Crippen LogP contribution < -0.4 is 4.74 Å². The summed E-state index contributed by atoms with van der Waals surface area (Å²) in [6.07, 6.45) is -4.39. The lowest BCUT2D eigenvalue weighted by atomic mass is 10.1. The molecule has 0 fully saturated rings. The molecule has 0 aliphatic heterocycles. The van der Waals surface area contributed by atoms with E-state index < -0.39 is 11.7 Å². The Morgan fingerprint density at radius 2 is 2.06 bits per heavy atom. The fourth-order valence-electron chi connectivity index (χ4n) is 1.15. The first kappa shape index (κ1) is 12.9. The second-order valence-corrected chi connectivity index (χ2v) is 3.05. The largest absolute Gasteiger partial charge is 0.495 e. The van der Waals surface area contributed by atoms with Crippen molar-refractivity contribution in [3.05, 3.63) is 29.3 Å². The third-order valence-corrected chi connectivity index (χ3v) is 1.92. The van der Waals surface area contributed by atoms with Gasteiger partial charge in [-0.05, 0) is 18.2 Å². The number of hydrogen-bond donors (Lipinski definition) is 0. The molecule has 1 aromatic rings. The molecule has 0 radical (unpaired) electrons. The smallest absolute Gasteiger partial charge is 0.416 e. The van der Waals surface area contributed by atoms with Gasteiger partial charge in [-0.2, -0.15) is 18.4 Å². The van der Waals surface area contributed by atoms with Gasteiger partial charge in [0.2, 0.25) is 0 Å². The first-order valence-corrected chi connectivity index (χ1v) is 4.60. The summed E-state index contributed by atoms with van der Waals surface area (Å²) in [6, 6.07) is 4.86. The van der Waals surface area contributed by atoms with Crippen LogP contribution in [0.4, 0.5) is 13.2 Å². The summed E-state index contributed by atoms with van der Waals surface area (Å²) < 4.78 is 42.1. The number of ether oxygens (including phenoxy) is 1. The predicted octanol–water partition coefficient (Wildman–Crippen LogP) is 2.98. The van der Waals surface area contributed by atoms with Crippen molar-refractivity contribution in [2.24, 2.45) is 0 Å². The Bertz CT molecular complexity index is 503. The Morgan fingerprint density at radius 3 is 2.59 bits per heavy atom. The van der Waals surface area contributed by atoms with Crippen LogP contribution in [0.1, 0.15) is 17.5 Å². The number of alkyl halides is 3. The molecular weight excluding hydrogens is 231 g/mol. The molecule has 88 valence electrons. The van der Waals surface area contributed by atoms with Gasteiger partial charge in [-0.15, -0.1) is 0 Å². The zero-order chi connectivity index (χ0) is 12.9. The minimum absolute atomic E-state index is 0.0180. The fraction of sp³-hybridized carbons (Fsp3) is 0.250.